The van der Waals surface area contributed by atoms with Crippen molar-refractivity contribution in [3.8, 4) is 0 Å². The fourth-order valence-corrected chi connectivity index (χ4v) is 0.756. The monoisotopic (exact) mass is 121 g/mol. The van der Waals surface area contributed by atoms with E-state index in [0.29, 0.717) is 17.8 Å². The number of rotatable bonds is 0. The minimum absolute atomic E-state index is 0.323. The highest BCUT2D eigenvalue weighted by molar-refractivity contribution is 6.43. The van der Waals surface area contributed by atoms with Crippen molar-refractivity contribution < 1.29 is 4.79 Å². The predicted octanol–water partition coefficient (Wildman–Crippen LogP) is 1.03. The van der Waals surface area contributed by atoms with Crippen molar-refractivity contribution in [3.05, 3.63) is 17.7 Å². The Kier molecular flexibility index (Phi) is 1.56. The Balaban J connectivity index is 2.91. The second-order valence-electron chi connectivity index (χ2n) is 1.90. The molecule has 0 amide bonds. The van der Waals surface area contributed by atoms with Gasteiger partial charge in [-0.3, -0.25) is 5.41 Å². The molecule has 0 saturated carbocycles. The second-order valence-corrected chi connectivity index (χ2v) is 1.90. The molecular weight excluding hydrogens is 114 g/mol. The summed E-state index contributed by atoms with van der Waals surface area (Å²) in [6, 6.07) is 0. The maximum atomic E-state index is 8.27. The Morgan fingerprint density at radius 3 is 2.89 bits per heavy atom. The molecular formula is C6H7N3. The van der Waals surface area contributed by atoms with E-state index in [-0.39, 0.29) is 0 Å². The molecule has 0 atom stereocenters. The summed E-state index contributed by atoms with van der Waals surface area (Å²) in [5.74, 6) is 0. The van der Waals surface area contributed by atoms with E-state index in [4.69, 9.17) is 10.9 Å². The van der Waals surface area contributed by atoms with Crippen LogP contribution in [0.25, 0.3) is 5.53 Å². The minimum Gasteiger partial charge on any atom is -0.361 e. The van der Waals surface area contributed by atoms with Gasteiger partial charge in [-0.25, -0.2) is 0 Å². The quantitative estimate of drug-likeness (QED) is 0.367. The third kappa shape index (κ3) is 1.12. The number of nitrogens with zero attached hydrogens (tertiary/aromatic N) is 2. The molecule has 0 aromatic heterocycles. The molecule has 0 aliphatic heterocycles. The lowest BCUT2D eigenvalue weighted by Gasteiger charge is -1.96. The van der Waals surface area contributed by atoms with Gasteiger partial charge in [-0.15, -0.1) is 0 Å². The fourth-order valence-electron chi connectivity index (χ4n) is 0.756. The lowest BCUT2D eigenvalue weighted by molar-refractivity contribution is -0.00452. The summed E-state index contributed by atoms with van der Waals surface area (Å²) >= 11 is 0. The number of hydrogen-bond acceptors (Lipinski definition) is 1. The fraction of sp³-hybridized carbons (Fsp3) is 0.333. The van der Waals surface area contributed by atoms with E-state index in [1.54, 1.807) is 6.08 Å². The number of allylic oxidation sites excluding steroid dienone is 2. The third-order valence-electron chi connectivity index (χ3n) is 1.26. The van der Waals surface area contributed by atoms with Crippen molar-refractivity contribution in [1.82, 2.24) is 0 Å². The molecule has 1 N–H and O–H groups in total. The molecule has 0 heterocycles. The molecule has 0 spiro atoms. The van der Waals surface area contributed by atoms with Gasteiger partial charge >= 0.3 is 5.71 Å². The topological polar surface area (TPSA) is 60.3 Å². The van der Waals surface area contributed by atoms with Gasteiger partial charge in [0, 0.05) is 0 Å². The molecule has 0 saturated heterocycles. The Bertz CT molecular complexity index is 208. The summed E-state index contributed by atoms with van der Waals surface area (Å²) in [4.78, 5) is 2.97. The summed E-state index contributed by atoms with van der Waals surface area (Å²) in [6.07, 6.45) is 5.11. The third-order valence-corrected chi connectivity index (χ3v) is 1.26. The van der Waals surface area contributed by atoms with Crippen LogP contribution in [0.5, 0.6) is 0 Å². The summed E-state index contributed by atoms with van der Waals surface area (Å²) in [5, 5.41) is 7.17. The zero-order valence-electron chi connectivity index (χ0n) is 4.96. The first-order chi connectivity index (χ1) is 4.34. The van der Waals surface area contributed by atoms with E-state index >= 15 is 0 Å². The van der Waals surface area contributed by atoms with Crippen LogP contribution in [0.4, 0.5) is 0 Å². The Labute approximate surface area is 53.1 Å². The van der Waals surface area contributed by atoms with E-state index in [1.807, 2.05) is 6.08 Å². The highest BCUT2D eigenvalue weighted by Gasteiger charge is 2.14. The summed E-state index contributed by atoms with van der Waals surface area (Å²) in [5.41, 5.74) is 9.08. The average Bonchev–Trinajstić information content (AvgIpc) is 1.89. The van der Waals surface area contributed by atoms with E-state index in [9.17, 15) is 0 Å². The van der Waals surface area contributed by atoms with E-state index in [1.165, 1.54) is 0 Å². The Morgan fingerprint density at radius 1 is 1.67 bits per heavy atom. The zero-order valence-corrected chi connectivity index (χ0v) is 4.96. The SMILES string of the molecule is [N-]=[N+]=C1CCC=CC1=N. The molecule has 0 aromatic carbocycles. The van der Waals surface area contributed by atoms with Gasteiger partial charge in [0.1, 0.15) is 5.71 Å². The number of nitrogens with one attached hydrogen (secondary N) is 1. The molecule has 0 aromatic rings. The average molecular weight is 121 g/mol. The molecule has 3 heteroatoms. The molecule has 46 valence electrons. The summed E-state index contributed by atoms with van der Waals surface area (Å²) < 4.78 is 0. The maximum absolute atomic E-state index is 8.27. The van der Waals surface area contributed by atoms with Crippen molar-refractivity contribution in [2.75, 3.05) is 0 Å². The van der Waals surface area contributed by atoms with Gasteiger partial charge in [-0.2, -0.15) is 4.79 Å². The van der Waals surface area contributed by atoms with Crippen molar-refractivity contribution in [2.45, 2.75) is 12.8 Å². The molecule has 1 rings (SSSR count). The maximum Gasteiger partial charge on any atom is 0.316 e. The van der Waals surface area contributed by atoms with Crippen molar-refractivity contribution in [1.29, 1.82) is 5.41 Å². The van der Waals surface area contributed by atoms with Gasteiger partial charge in [0.15, 0.2) is 0 Å². The van der Waals surface area contributed by atoms with Crippen molar-refractivity contribution >= 4 is 11.4 Å². The van der Waals surface area contributed by atoms with Gasteiger partial charge in [0.05, 0.1) is 6.42 Å². The van der Waals surface area contributed by atoms with Crippen LogP contribution in [0.15, 0.2) is 12.2 Å². The van der Waals surface area contributed by atoms with Gasteiger partial charge in [0.25, 0.3) is 0 Å². The van der Waals surface area contributed by atoms with Crippen LogP contribution in [0.2, 0.25) is 0 Å². The summed E-state index contributed by atoms with van der Waals surface area (Å²) in [7, 11) is 0. The van der Waals surface area contributed by atoms with E-state index < -0.39 is 0 Å². The lowest BCUT2D eigenvalue weighted by atomic mass is 10.0. The molecule has 9 heavy (non-hydrogen) atoms. The first kappa shape index (κ1) is 5.92. The van der Waals surface area contributed by atoms with E-state index in [0.717, 1.165) is 6.42 Å². The Hall–Kier alpha value is -1.21. The van der Waals surface area contributed by atoms with Crippen LogP contribution >= 0.6 is 0 Å². The molecule has 1 aliphatic rings. The van der Waals surface area contributed by atoms with Gasteiger partial charge < -0.3 is 5.53 Å². The minimum atomic E-state index is 0.323. The predicted molar refractivity (Wildman–Crippen MR) is 34.7 cm³/mol. The van der Waals surface area contributed by atoms with Gasteiger partial charge in [-0.1, -0.05) is 6.08 Å². The van der Waals surface area contributed by atoms with Crippen LogP contribution in [-0.2, 0) is 0 Å². The molecule has 1 aliphatic carbocycles. The Morgan fingerprint density at radius 2 is 2.44 bits per heavy atom. The highest BCUT2D eigenvalue weighted by atomic mass is 14.9. The molecule has 0 unspecified atom stereocenters. The normalized spacial score (nSPS) is 17.8. The van der Waals surface area contributed by atoms with Gasteiger partial charge in [-0.05, 0) is 12.5 Å². The molecule has 0 radical (unpaired) electrons. The molecule has 0 fully saturated rings. The van der Waals surface area contributed by atoms with E-state index in [2.05, 4.69) is 4.79 Å². The highest BCUT2D eigenvalue weighted by Crippen LogP contribution is 2.01. The van der Waals surface area contributed by atoms with Crippen LogP contribution in [-0.4, -0.2) is 16.2 Å². The first-order valence-electron chi connectivity index (χ1n) is 2.81. The van der Waals surface area contributed by atoms with Crippen LogP contribution in [0, 0.1) is 5.41 Å². The molecule has 3 nitrogen and oxygen atoms in total. The van der Waals surface area contributed by atoms with Crippen LogP contribution in [0.1, 0.15) is 12.8 Å². The molecule has 0 bridgehead atoms. The number of hydrogen-bond donors (Lipinski definition) is 1. The standard InChI is InChI=1S/C6H7N3/c7-5-3-1-2-4-6(5)9-8/h1,3,7H,2,4H2. The largest absolute Gasteiger partial charge is 0.361 e. The summed E-state index contributed by atoms with van der Waals surface area (Å²) in [6.45, 7) is 0. The van der Waals surface area contributed by atoms with Gasteiger partial charge in [0.2, 0.25) is 0 Å². The van der Waals surface area contributed by atoms with Crippen molar-refractivity contribution in [3.63, 3.8) is 0 Å². The first-order valence-corrected chi connectivity index (χ1v) is 2.81. The lowest BCUT2D eigenvalue weighted by Crippen LogP contribution is -2.14. The smallest absolute Gasteiger partial charge is 0.316 e. The van der Waals surface area contributed by atoms with Crippen LogP contribution < -0.4 is 0 Å². The zero-order chi connectivity index (χ0) is 6.69. The van der Waals surface area contributed by atoms with Crippen LogP contribution in [0.3, 0.4) is 0 Å². The second kappa shape index (κ2) is 2.37. The van der Waals surface area contributed by atoms with Crippen molar-refractivity contribution in [2.24, 2.45) is 0 Å².